The topological polar surface area (TPSA) is 84.0 Å². The Hall–Kier alpha value is -1.05. The van der Waals surface area contributed by atoms with Crippen molar-refractivity contribution in [2.75, 3.05) is 13.1 Å². The van der Waals surface area contributed by atoms with Gasteiger partial charge in [-0.15, -0.1) is 0 Å². The van der Waals surface area contributed by atoms with Gasteiger partial charge >= 0.3 is 0 Å². The lowest BCUT2D eigenvalue weighted by Gasteiger charge is -2.13. The van der Waals surface area contributed by atoms with E-state index < -0.39 is 15.3 Å². The first-order chi connectivity index (χ1) is 8.06. The molecule has 0 aromatic carbocycles. The molecule has 0 radical (unpaired) electrons. The third-order valence-electron chi connectivity index (χ3n) is 2.29. The summed E-state index contributed by atoms with van der Waals surface area (Å²) in [4.78, 5) is 0. The number of aromatic nitrogens is 2. The monoisotopic (exact) mass is 258 g/mol. The lowest BCUT2D eigenvalue weighted by molar-refractivity contribution is 0.558. The van der Waals surface area contributed by atoms with Gasteiger partial charge in [-0.3, -0.25) is 0 Å². The molecule has 96 valence electrons. The van der Waals surface area contributed by atoms with Gasteiger partial charge in [0, 0.05) is 12.7 Å². The zero-order valence-electron chi connectivity index (χ0n) is 10.0. The number of hydrogen-bond acceptors (Lipinski definition) is 5. The molecule has 1 heterocycles. The van der Waals surface area contributed by atoms with E-state index in [2.05, 4.69) is 20.2 Å². The minimum absolute atomic E-state index is 0.173. The van der Waals surface area contributed by atoms with Gasteiger partial charge in [-0.1, -0.05) is 6.92 Å². The Kier molecular flexibility index (Phi) is 5.46. The molecule has 0 spiro atoms. The molecule has 1 unspecified atom stereocenters. The average molecular weight is 258 g/mol. The van der Waals surface area contributed by atoms with Crippen LogP contribution in [0.15, 0.2) is 18.3 Å². The van der Waals surface area contributed by atoms with Crippen molar-refractivity contribution in [1.82, 2.24) is 20.2 Å². The first kappa shape index (κ1) is 14.0. The minimum Gasteiger partial charge on any atom is -0.316 e. The SMILES string of the molecule is CCNCC(C)S(=O)(=O)NCc1cccnn1. The van der Waals surface area contributed by atoms with Gasteiger partial charge in [0.05, 0.1) is 17.5 Å². The molecular weight excluding hydrogens is 240 g/mol. The second kappa shape index (κ2) is 6.63. The van der Waals surface area contributed by atoms with Gasteiger partial charge < -0.3 is 5.32 Å². The van der Waals surface area contributed by atoms with Crippen LogP contribution in [0.25, 0.3) is 0 Å². The Morgan fingerprint density at radius 1 is 1.47 bits per heavy atom. The van der Waals surface area contributed by atoms with E-state index in [1.165, 1.54) is 0 Å². The summed E-state index contributed by atoms with van der Waals surface area (Å²) >= 11 is 0. The zero-order valence-corrected chi connectivity index (χ0v) is 10.9. The molecule has 17 heavy (non-hydrogen) atoms. The van der Waals surface area contributed by atoms with Crippen molar-refractivity contribution in [3.8, 4) is 0 Å². The molecule has 0 fully saturated rings. The molecule has 1 atom stereocenters. The van der Waals surface area contributed by atoms with E-state index in [0.29, 0.717) is 12.2 Å². The van der Waals surface area contributed by atoms with E-state index in [1.807, 2.05) is 6.92 Å². The molecule has 1 rings (SSSR count). The quantitative estimate of drug-likeness (QED) is 0.713. The normalized spacial score (nSPS) is 13.5. The van der Waals surface area contributed by atoms with E-state index in [1.54, 1.807) is 25.3 Å². The molecule has 2 N–H and O–H groups in total. The molecule has 1 aromatic heterocycles. The molecule has 0 saturated heterocycles. The molecule has 0 amide bonds. The number of rotatable bonds is 7. The first-order valence-corrected chi connectivity index (χ1v) is 7.06. The summed E-state index contributed by atoms with van der Waals surface area (Å²) in [6.45, 7) is 4.97. The second-order valence-corrected chi connectivity index (χ2v) is 5.88. The van der Waals surface area contributed by atoms with Crippen LogP contribution in [0.4, 0.5) is 0 Å². The summed E-state index contributed by atoms with van der Waals surface area (Å²) in [5.74, 6) is 0. The molecule has 0 bridgehead atoms. The summed E-state index contributed by atoms with van der Waals surface area (Å²) in [5.41, 5.74) is 0.603. The molecule has 0 aliphatic carbocycles. The van der Waals surface area contributed by atoms with Crippen molar-refractivity contribution in [2.24, 2.45) is 0 Å². The standard InChI is InChI=1S/C10H18N4O2S/c1-3-11-7-9(2)17(15,16)13-8-10-5-4-6-12-14-10/h4-6,9,11,13H,3,7-8H2,1-2H3. The number of nitrogens with one attached hydrogen (secondary N) is 2. The van der Waals surface area contributed by atoms with Crippen LogP contribution in [-0.4, -0.2) is 37.0 Å². The van der Waals surface area contributed by atoms with E-state index >= 15 is 0 Å². The van der Waals surface area contributed by atoms with Crippen LogP contribution in [0.2, 0.25) is 0 Å². The molecular formula is C10H18N4O2S. The van der Waals surface area contributed by atoms with Crippen molar-refractivity contribution >= 4 is 10.0 Å². The van der Waals surface area contributed by atoms with Gasteiger partial charge in [-0.05, 0) is 25.6 Å². The first-order valence-electron chi connectivity index (χ1n) is 5.52. The van der Waals surface area contributed by atoms with Crippen LogP contribution >= 0.6 is 0 Å². The number of hydrogen-bond donors (Lipinski definition) is 2. The maximum atomic E-state index is 11.8. The van der Waals surface area contributed by atoms with Crippen LogP contribution in [0, 0.1) is 0 Å². The minimum atomic E-state index is -3.31. The second-order valence-electron chi connectivity index (χ2n) is 3.70. The van der Waals surface area contributed by atoms with Gasteiger partial charge in [0.1, 0.15) is 0 Å². The fourth-order valence-electron chi connectivity index (χ4n) is 1.20. The van der Waals surface area contributed by atoms with Gasteiger partial charge in [-0.25, -0.2) is 13.1 Å². The summed E-state index contributed by atoms with van der Waals surface area (Å²) in [6, 6.07) is 3.45. The lowest BCUT2D eigenvalue weighted by atomic mass is 10.4. The summed E-state index contributed by atoms with van der Waals surface area (Å²) in [5, 5.41) is 10.0. The Bertz CT molecular complexity index is 421. The molecule has 7 heteroatoms. The van der Waals surface area contributed by atoms with Crippen LogP contribution in [0.5, 0.6) is 0 Å². The summed E-state index contributed by atoms with van der Waals surface area (Å²) in [7, 11) is -3.31. The highest BCUT2D eigenvalue weighted by atomic mass is 32.2. The van der Waals surface area contributed by atoms with E-state index in [0.717, 1.165) is 6.54 Å². The average Bonchev–Trinajstić information content (AvgIpc) is 2.35. The Morgan fingerprint density at radius 3 is 2.82 bits per heavy atom. The largest absolute Gasteiger partial charge is 0.316 e. The Labute approximate surface area is 102 Å². The van der Waals surface area contributed by atoms with E-state index in [4.69, 9.17) is 0 Å². The fraction of sp³-hybridized carbons (Fsp3) is 0.600. The van der Waals surface area contributed by atoms with Crippen LogP contribution in [-0.2, 0) is 16.6 Å². The third kappa shape index (κ3) is 4.76. The van der Waals surface area contributed by atoms with E-state index in [9.17, 15) is 8.42 Å². The highest BCUT2D eigenvalue weighted by Gasteiger charge is 2.19. The Morgan fingerprint density at radius 2 is 2.24 bits per heavy atom. The maximum Gasteiger partial charge on any atom is 0.215 e. The molecule has 0 aliphatic rings. The van der Waals surface area contributed by atoms with Crippen molar-refractivity contribution < 1.29 is 8.42 Å². The zero-order chi connectivity index (χ0) is 12.7. The summed E-state index contributed by atoms with van der Waals surface area (Å²) in [6.07, 6.45) is 1.55. The highest BCUT2D eigenvalue weighted by Crippen LogP contribution is 1.99. The van der Waals surface area contributed by atoms with Crippen LogP contribution in [0.3, 0.4) is 0 Å². The van der Waals surface area contributed by atoms with Gasteiger partial charge in [-0.2, -0.15) is 10.2 Å². The van der Waals surface area contributed by atoms with Gasteiger partial charge in [0.2, 0.25) is 10.0 Å². The third-order valence-corrected chi connectivity index (χ3v) is 4.07. The predicted octanol–water partition coefficient (Wildman–Crippen LogP) is -0.106. The highest BCUT2D eigenvalue weighted by molar-refractivity contribution is 7.90. The molecule has 1 aromatic rings. The lowest BCUT2D eigenvalue weighted by Crippen LogP contribution is -2.38. The smallest absolute Gasteiger partial charge is 0.215 e. The fourth-order valence-corrected chi connectivity index (χ4v) is 2.17. The molecule has 6 nitrogen and oxygen atoms in total. The van der Waals surface area contributed by atoms with Crippen molar-refractivity contribution in [2.45, 2.75) is 25.6 Å². The van der Waals surface area contributed by atoms with E-state index in [-0.39, 0.29) is 6.54 Å². The molecule has 0 aliphatic heterocycles. The van der Waals surface area contributed by atoms with Gasteiger partial charge in [0.25, 0.3) is 0 Å². The predicted molar refractivity (Wildman–Crippen MR) is 65.8 cm³/mol. The van der Waals surface area contributed by atoms with Crippen molar-refractivity contribution in [1.29, 1.82) is 0 Å². The van der Waals surface area contributed by atoms with Crippen molar-refractivity contribution in [3.63, 3.8) is 0 Å². The van der Waals surface area contributed by atoms with Crippen LogP contribution < -0.4 is 10.0 Å². The van der Waals surface area contributed by atoms with Crippen LogP contribution in [0.1, 0.15) is 19.5 Å². The summed E-state index contributed by atoms with van der Waals surface area (Å²) < 4.78 is 26.1. The van der Waals surface area contributed by atoms with Crippen molar-refractivity contribution in [3.05, 3.63) is 24.0 Å². The van der Waals surface area contributed by atoms with Gasteiger partial charge in [0.15, 0.2) is 0 Å². The number of sulfonamides is 1. The molecule has 0 saturated carbocycles. The maximum absolute atomic E-state index is 11.8. The number of nitrogens with zero attached hydrogens (tertiary/aromatic N) is 2. The Balaban J connectivity index is 2.50.